The van der Waals surface area contributed by atoms with Crippen molar-refractivity contribution in [1.29, 1.82) is 0 Å². The van der Waals surface area contributed by atoms with Crippen LogP contribution in [0.5, 0.6) is 0 Å². The molecule has 228 valence electrons. The standard InChI is InChI=1S/C31H46N8O3/c1-20(2)15-23(38-18-25-24(17-32)26(25)19-38)16-21-5-7-22(8-6-21)39-10-9-27(35-30(39)42)34-29(41)37-13-11-36(12-14-37)28(40)31(3,4)33/h5-10,20,23-26H,11-19,32-33H2,1-4H3,(H,34,35,41,42). The highest BCUT2D eigenvalue weighted by Gasteiger charge is 2.55. The number of hydrogen-bond acceptors (Lipinski definition) is 7. The van der Waals surface area contributed by atoms with Gasteiger partial charge in [0.25, 0.3) is 0 Å². The Morgan fingerprint density at radius 2 is 1.64 bits per heavy atom. The lowest BCUT2D eigenvalue weighted by molar-refractivity contribution is -0.137. The first-order chi connectivity index (χ1) is 19.9. The van der Waals surface area contributed by atoms with E-state index in [9.17, 15) is 14.4 Å². The maximum absolute atomic E-state index is 12.9. The van der Waals surface area contributed by atoms with Crippen molar-refractivity contribution in [3.63, 3.8) is 0 Å². The Labute approximate surface area is 248 Å². The van der Waals surface area contributed by atoms with Crippen LogP contribution in [0.4, 0.5) is 10.6 Å². The lowest BCUT2D eigenvalue weighted by atomic mass is 9.95. The normalized spacial score (nSPS) is 23.2. The molecule has 1 aliphatic carbocycles. The van der Waals surface area contributed by atoms with Gasteiger partial charge in [-0.2, -0.15) is 4.98 Å². The molecule has 1 aromatic carbocycles. The number of benzene rings is 1. The quantitative estimate of drug-likeness (QED) is 0.411. The van der Waals surface area contributed by atoms with Gasteiger partial charge in [-0.3, -0.25) is 19.6 Å². The zero-order valence-electron chi connectivity index (χ0n) is 25.3. The summed E-state index contributed by atoms with van der Waals surface area (Å²) in [6.07, 6.45) is 3.77. The molecular weight excluding hydrogens is 532 g/mol. The minimum Gasteiger partial charge on any atom is -0.338 e. The van der Waals surface area contributed by atoms with Crippen LogP contribution >= 0.6 is 0 Å². The van der Waals surface area contributed by atoms with Gasteiger partial charge in [-0.1, -0.05) is 26.0 Å². The molecule has 11 heteroatoms. The molecule has 5 N–H and O–H groups in total. The Hall–Kier alpha value is -3.28. The molecule has 3 fully saturated rings. The third-order valence-corrected chi connectivity index (χ3v) is 9.06. The van der Waals surface area contributed by atoms with Gasteiger partial charge in [0.05, 0.1) is 11.2 Å². The molecule has 3 amide bonds. The SMILES string of the molecule is CC(C)CC(Cc1ccc(-n2ccc(NC(=O)N3CCN(C(=O)C(C)(C)N)CC3)nc2=O)cc1)N1CC2C(CN)C2C1. The summed E-state index contributed by atoms with van der Waals surface area (Å²) in [6.45, 7) is 12.6. The number of aromatic nitrogens is 2. The fourth-order valence-electron chi connectivity index (χ4n) is 6.68. The van der Waals surface area contributed by atoms with Crippen LogP contribution in [0.1, 0.15) is 39.7 Å². The van der Waals surface area contributed by atoms with E-state index in [2.05, 4.69) is 41.2 Å². The molecule has 0 spiro atoms. The maximum Gasteiger partial charge on any atom is 0.354 e. The zero-order valence-corrected chi connectivity index (χ0v) is 25.3. The van der Waals surface area contributed by atoms with E-state index < -0.39 is 11.2 Å². The second-order valence-electron chi connectivity index (χ2n) is 13.2. The highest BCUT2D eigenvalue weighted by Crippen LogP contribution is 2.51. The zero-order chi connectivity index (χ0) is 30.2. The van der Waals surface area contributed by atoms with Crippen LogP contribution in [-0.2, 0) is 11.2 Å². The van der Waals surface area contributed by atoms with Gasteiger partial charge >= 0.3 is 11.7 Å². The number of piperidine rings is 1. The molecule has 2 aliphatic heterocycles. The Bertz CT molecular complexity index is 1310. The number of likely N-dealkylation sites (tertiary alicyclic amines) is 1. The van der Waals surface area contributed by atoms with Crippen molar-refractivity contribution >= 4 is 17.8 Å². The second-order valence-corrected chi connectivity index (χ2v) is 13.2. The lowest BCUT2D eigenvalue weighted by Gasteiger charge is -2.37. The van der Waals surface area contributed by atoms with E-state index in [1.54, 1.807) is 35.9 Å². The molecule has 0 bridgehead atoms. The van der Waals surface area contributed by atoms with Crippen molar-refractivity contribution in [3.8, 4) is 5.69 Å². The van der Waals surface area contributed by atoms with Gasteiger partial charge in [-0.25, -0.2) is 9.59 Å². The summed E-state index contributed by atoms with van der Waals surface area (Å²) in [5, 5.41) is 2.71. The van der Waals surface area contributed by atoms with Gasteiger partial charge < -0.3 is 21.3 Å². The van der Waals surface area contributed by atoms with Crippen LogP contribution in [0.3, 0.4) is 0 Å². The molecule has 3 unspecified atom stereocenters. The van der Waals surface area contributed by atoms with Gasteiger partial charge in [-0.05, 0) is 80.7 Å². The summed E-state index contributed by atoms with van der Waals surface area (Å²) in [6, 6.07) is 9.88. The van der Waals surface area contributed by atoms with E-state index in [-0.39, 0.29) is 17.8 Å². The number of nitrogens with zero attached hydrogens (tertiary/aromatic N) is 5. The number of anilines is 1. The molecule has 3 heterocycles. The number of urea groups is 1. The number of rotatable bonds is 9. The van der Waals surface area contributed by atoms with Crippen molar-refractivity contribution in [3.05, 3.63) is 52.6 Å². The predicted molar refractivity (Wildman–Crippen MR) is 163 cm³/mol. The smallest absolute Gasteiger partial charge is 0.338 e. The van der Waals surface area contributed by atoms with Crippen LogP contribution < -0.4 is 22.5 Å². The number of carbonyl (C=O) groups excluding carboxylic acids is 2. The third kappa shape index (κ3) is 6.68. The molecule has 1 saturated carbocycles. The number of nitrogens with two attached hydrogens (primary N) is 2. The minimum absolute atomic E-state index is 0.139. The Morgan fingerprint density at radius 3 is 2.19 bits per heavy atom. The summed E-state index contributed by atoms with van der Waals surface area (Å²) in [5.74, 6) is 2.96. The molecule has 42 heavy (non-hydrogen) atoms. The number of hydrogen-bond donors (Lipinski definition) is 3. The molecular formula is C31H46N8O3. The van der Waals surface area contributed by atoms with Gasteiger partial charge in [-0.15, -0.1) is 0 Å². The molecule has 11 nitrogen and oxygen atoms in total. The van der Waals surface area contributed by atoms with Crippen LogP contribution in [0.25, 0.3) is 5.69 Å². The molecule has 3 atom stereocenters. The Morgan fingerprint density at radius 1 is 1.02 bits per heavy atom. The molecule has 5 rings (SSSR count). The van der Waals surface area contributed by atoms with Crippen molar-refractivity contribution in [2.45, 2.75) is 52.1 Å². The lowest BCUT2D eigenvalue weighted by Crippen LogP contribution is -2.58. The summed E-state index contributed by atoms with van der Waals surface area (Å²) < 4.78 is 1.48. The average Bonchev–Trinajstić information content (AvgIpc) is 3.42. The Balaban J connectivity index is 1.17. The minimum atomic E-state index is -0.947. The largest absolute Gasteiger partial charge is 0.354 e. The predicted octanol–water partition coefficient (Wildman–Crippen LogP) is 1.74. The molecule has 3 aliphatic rings. The summed E-state index contributed by atoms with van der Waals surface area (Å²) in [5.41, 5.74) is 12.4. The van der Waals surface area contributed by atoms with Crippen LogP contribution in [0.2, 0.25) is 0 Å². The number of nitrogens with one attached hydrogen (secondary N) is 1. The van der Waals surface area contributed by atoms with Crippen molar-refractivity contribution in [1.82, 2.24) is 24.3 Å². The third-order valence-electron chi connectivity index (χ3n) is 9.06. The van der Waals surface area contributed by atoms with E-state index in [0.29, 0.717) is 38.1 Å². The van der Waals surface area contributed by atoms with E-state index in [1.807, 2.05) is 12.1 Å². The van der Waals surface area contributed by atoms with Gasteiger partial charge in [0.2, 0.25) is 5.91 Å². The van der Waals surface area contributed by atoms with E-state index in [1.165, 1.54) is 10.1 Å². The monoisotopic (exact) mass is 578 g/mol. The van der Waals surface area contributed by atoms with E-state index in [0.717, 1.165) is 55.9 Å². The number of piperazine rings is 1. The summed E-state index contributed by atoms with van der Waals surface area (Å²) in [4.78, 5) is 48.1. The molecule has 0 radical (unpaired) electrons. The fraction of sp³-hybridized carbons (Fsp3) is 0.613. The summed E-state index contributed by atoms with van der Waals surface area (Å²) >= 11 is 0. The van der Waals surface area contributed by atoms with E-state index >= 15 is 0 Å². The average molecular weight is 579 g/mol. The highest BCUT2D eigenvalue weighted by molar-refractivity contribution is 5.89. The van der Waals surface area contributed by atoms with E-state index in [4.69, 9.17) is 11.5 Å². The number of carbonyl (C=O) groups is 2. The fourth-order valence-corrected chi connectivity index (χ4v) is 6.68. The first-order valence-electron chi connectivity index (χ1n) is 15.2. The molecule has 2 saturated heterocycles. The number of fused-ring (bicyclic) bond motifs is 1. The maximum atomic E-state index is 12.9. The highest BCUT2D eigenvalue weighted by atomic mass is 16.2. The van der Waals surface area contributed by atoms with Crippen LogP contribution in [0.15, 0.2) is 41.3 Å². The number of amides is 3. The molecule has 2 aromatic rings. The van der Waals surface area contributed by atoms with Crippen molar-refractivity contribution < 1.29 is 9.59 Å². The first-order valence-corrected chi connectivity index (χ1v) is 15.2. The van der Waals surface area contributed by atoms with Crippen molar-refractivity contribution in [2.75, 3.05) is 51.1 Å². The topological polar surface area (TPSA) is 143 Å². The Kier molecular flexibility index (Phi) is 8.73. The van der Waals surface area contributed by atoms with Gasteiger partial charge in [0.1, 0.15) is 5.82 Å². The first kappa shape index (κ1) is 30.2. The second kappa shape index (κ2) is 12.1. The van der Waals surface area contributed by atoms with Crippen molar-refractivity contribution in [2.24, 2.45) is 35.1 Å². The molecule has 1 aromatic heterocycles. The van der Waals surface area contributed by atoms with Gasteiger partial charge in [0, 0.05) is 51.5 Å². The van der Waals surface area contributed by atoms with Crippen LogP contribution in [0, 0.1) is 23.7 Å². The van der Waals surface area contributed by atoms with Crippen LogP contribution in [-0.4, -0.2) is 93.6 Å². The summed E-state index contributed by atoms with van der Waals surface area (Å²) in [7, 11) is 0. The van der Waals surface area contributed by atoms with Gasteiger partial charge in [0.15, 0.2) is 0 Å².